The van der Waals surface area contributed by atoms with Crippen molar-refractivity contribution in [3.8, 4) is 5.75 Å². The van der Waals surface area contributed by atoms with Gasteiger partial charge in [0.25, 0.3) is 17.5 Å². The van der Waals surface area contributed by atoms with E-state index in [4.69, 9.17) is 18.9 Å². The van der Waals surface area contributed by atoms with Gasteiger partial charge in [0.05, 0.1) is 19.3 Å². The van der Waals surface area contributed by atoms with E-state index in [1.807, 2.05) is 31.2 Å². The molecule has 1 aromatic heterocycles. The predicted octanol–water partition coefficient (Wildman–Crippen LogP) is 1.74. The number of carboxylic acid groups (broad SMARTS) is 1. The number of fused-ring (bicyclic) bond motifs is 1. The predicted molar refractivity (Wildman–Crippen MR) is 153 cm³/mol. The number of hydrogen-bond acceptors (Lipinski definition) is 11. The molecule has 5 rings (SSSR count). The molecular weight excluding hydrogens is 594 g/mol. The van der Waals surface area contributed by atoms with Crippen LogP contribution < -0.4 is 10.1 Å². The van der Waals surface area contributed by atoms with E-state index in [-0.39, 0.29) is 36.8 Å². The van der Waals surface area contributed by atoms with Gasteiger partial charge >= 0.3 is 11.9 Å². The fourth-order valence-corrected chi connectivity index (χ4v) is 5.80. The molecule has 2 atom stereocenters. The van der Waals surface area contributed by atoms with Gasteiger partial charge in [-0.2, -0.15) is 0 Å². The third-order valence-corrected chi connectivity index (χ3v) is 8.06. The summed E-state index contributed by atoms with van der Waals surface area (Å²) in [5.41, 5.74) is 0.310. The number of aromatic nitrogens is 3. The second-order valence-corrected chi connectivity index (χ2v) is 10.8. The maximum absolute atomic E-state index is 13.8. The molecule has 0 spiro atoms. The van der Waals surface area contributed by atoms with E-state index in [2.05, 4.69) is 15.5 Å². The van der Waals surface area contributed by atoms with Crippen LogP contribution in [0.15, 0.2) is 71.3 Å². The van der Waals surface area contributed by atoms with Crippen molar-refractivity contribution < 1.29 is 43.2 Å². The molecule has 0 unspecified atom stereocenters. The Morgan fingerprint density at radius 2 is 1.98 bits per heavy atom. The fourth-order valence-electron chi connectivity index (χ4n) is 4.89. The quantitative estimate of drug-likeness (QED) is 0.130. The smallest absolute Gasteiger partial charge is 0.355 e. The Balaban J connectivity index is 1.42. The molecule has 0 saturated carbocycles. The number of rotatable bonds is 12. The van der Waals surface area contributed by atoms with Gasteiger partial charge in [0.2, 0.25) is 0 Å². The normalized spacial score (nSPS) is 19.2. The van der Waals surface area contributed by atoms with Gasteiger partial charge in [-0.25, -0.2) is 4.79 Å². The topological polar surface area (TPSA) is 171 Å². The summed E-state index contributed by atoms with van der Waals surface area (Å²) in [6.45, 7) is 1.38. The number of nitrogens with one attached hydrogen (secondary N) is 1. The second-order valence-electron chi connectivity index (χ2n) is 9.87. The number of carboxylic acids is 1. The van der Waals surface area contributed by atoms with Crippen molar-refractivity contribution in [3.63, 3.8) is 0 Å². The largest absolute Gasteiger partial charge is 0.496 e. The number of ether oxygens (including phenoxy) is 4. The number of para-hydroxylation sites is 1. The molecule has 230 valence electrons. The number of thioether (sulfide) groups is 1. The zero-order valence-corrected chi connectivity index (χ0v) is 24.8. The van der Waals surface area contributed by atoms with Gasteiger partial charge in [-0.05, 0) is 30.2 Å². The van der Waals surface area contributed by atoms with E-state index in [1.54, 1.807) is 18.2 Å². The van der Waals surface area contributed by atoms with Crippen LogP contribution >= 0.6 is 11.8 Å². The number of methoxy groups -OCH3 is 2. The number of carbonyl (C=O) groups excluding carboxylic acids is 3. The third-order valence-electron chi connectivity index (χ3n) is 6.99. The molecule has 0 bridgehead atoms. The highest BCUT2D eigenvalue weighted by molar-refractivity contribution is 7.99. The van der Waals surface area contributed by atoms with Crippen molar-refractivity contribution in [1.82, 2.24) is 25.0 Å². The highest BCUT2D eigenvalue weighted by Gasteiger charge is 2.67. The molecule has 0 aliphatic carbocycles. The van der Waals surface area contributed by atoms with Gasteiger partial charge in [-0.3, -0.25) is 23.9 Å². The minimum Gasteiger partial charge on any atom is -0.496 e. The van der Waals surface area contributed by atoms with E-state index in [1.165, 1.54) is 31.2 Å². The summed E-state index contributed by atoms with van der Waals surface area (Å²) in [6.07, 6.45) is 0.0931. The zero-order valence-electron chi connectivity index (χ0n) is 24.0. The third kappa shape index (κ3) is 5.89. The lowest BCUT2D eigenvalue weighted by atomic mass is 9.94. The van der Waals surface area contributed by atoms with Crippen molar-refractivity contribution in [2.45, 2.75) is 37.2 Å². The van der Waals surface area contributed by atoms with Gasteiger partial charge in [0.1, 0.15) is 30.9 Å². The minimum absolute atomic E-state index is 0.0507. The number of esters is 1. The summed E-state index contributed by atoms with van der Waals surface area (Å²) >= 11 is 1.11. The first-order chi connectivity index (χ1) is 21.2. The summed E-state index contributed by atoms with van der Waals surface area (Å²) in [6, 6.07) is 13.9. The summed E-state index contributed by atoms with van der Waals surface area (Å²) in [7, 11) is 2.67. The van der Waals surface area contributed by atoms with E-state index in [0.717, 1.165) is 27.8 Å². The summed E-state index contributed by atoms with van der Waals surface area (Å²) in [4.78, 5) is 53.0. The number of amides is 2. The van der Waals surface area contributed by atoms with E-state index in [9.17, 15) is 24.3 Å². The fraction of sp³-hybridized carbons (Fsp3) is 0.310. The van der Waals surface area contributed by atoms with Crippen molar-refractivity contribution in [3.05, 3.63) is 82.8 Å². The van der Waals surface area contributed by atoms with E-state index in [0.29, 0.717) is 16.5 Å². The number of nitrogens with zero attached hydrogens (tertiary/aromatic N) is 4. The standard InChI is InChI=1S/C29H29N5O9S/c1-17-7-6-8-18(11-17)13-42-25(38)23-19(15-44-28-32-30-16-33(28)12-22(35)36)14-43-27-29(41-3,26(39)34(23)27)31-24(37)20-9-4-5-10-21(20)40-2/h4-11,16,27H,12-15H2,1-3H3,(H,31,37)(H,35,36)/t27-,29+/m1/s1. The van der Waals surface area contributed by atoms with E-state index < -0.39 is 35.7 Å². The average Bonchev–Trinajstić information content (AvgIpc) is 3.46. The number of aliphatic carboxylic acids is 1. The first kappa shape index (κ1) is 30.7. The Morgan fingerprint density at radius 1 is 1.18 bits per heavy atom. The molecule has 15 heteroatoms. The number of carbonyl (C=O) groups is 4. The molecule has 2 N–H and O–H groups in total. The molecule has 3 aromatic rings. The summed E-state index contributed by atoms with van der Waals surface area (Å²) < 4.78 is 23.8. The molecule has 44 heavy (non-hydrogen) atoms. The van der Waals surface area contributed by atoms with Gasteiger partial charge in [-0.1, -0.05) is 53.7 Å². The summed E-state index contributed by atoms with van der Waals surface area (Å²) in [5.74, 6) is -2.86. The molecular formula is C29H29N5O9S. The highest BCUT2D eigenvalue weighted by Crippen LogP contribution is 2.42. The lowest BCUT2D eigenvalue weighted by molar-refractivity contribution is -0.256. The lowest BCUT2D eigenvalue weighted by Crippen LogP contribution is -2.82. The van der Waals surface area contributed by atoms with Gasteiger partial charge in [0, 0.05) is 12.9 Å². The maximum atomic E-state index is 13.8. The molecule has 1 saturated heterocycles. The Morgan fingerprint density at radius 3 is 2.70 bits per heavy atom. The first-order valence-electron chi connectivity index (χ1n) is 13.3. The van der Waals surface area contributed by atoms with Crippen LogP contribution in [0.4, 0.5) is 0 Å². The van der Waals surface area contributed by atoms with Crippen LogP contribution in [0.25, 0.3) is 0 Å². The van der Waals surface area contributed by atoms with Crippen LogP contribution in [0.5, 0.6) is 5.75 Å². The molecule has 0 radical (unpaired) electrons. The van der Waals surface area contributed by atoms with Crippen LogP contribution in [0.1, 0.15) is 21.5 Å². The Bertz CT molecular complexity index is 1640. The molecule has 2 aromatic carbocycles. The average molecular weight is 624 g/mol. The lowest BCUT2D eigenvalue weighted by Gasteiger charge is -2.55. The van der Waals surface area contributed by atoms with Gasteiger partial charge in [-0.15, -0.1) is 10.2 Å². The number of benzene rings is 2. The van der Waals surface area contributed by atoms with Crippen LogP contribution in [0.3, 0.4) is 0 Å². The molecule has 3 heterocycles. The molecule has 2 amide bonds. The van der Waals surface area contributed by atoms with Crippen molar-refractivity contribution in [2.24, 2.45) is 0 Å². The highest BCUT2D eigenvalue weighted by atomic mass is 32.2. The van der Waals surface area contributed by atoms with Crippen molar-refractivity contribution in [2.75, 3.05) is 26.6 Å². The maximum Gasteiger partial charge on any atom is 0.355 e. The molecule has 2 aliphatic rings. The van der Waals surface area contributed by atoms with Crippen molar-refractivity contribution in [1.29, 1.82) is 0 Å². The Kier molecular flexibility index (Phi) is 8.98. The molecule has 14 nitrogen and oxygen atoms in total. The monoisotopic (exact) mass is 623 g/mol. The summed E-state index contributed by atoms with van der Waals surface area (Å²) in [5, 5.41) is 19.8. The second kappa shape index (κ2) is 12.9. The first-order valence-corrected chi connectivity index (χ1v) is 14.3. The Hall–Kier alpha value is -4.73. The van der Waals surface area contributed by atoms with Crippen LogP contribution in [0, 0.1) is 6.92 Å². The zero-order chi connectivity index (χ0) is 31.4. The van der Waals surface area contributed by atoms with Crippen LogP contribution in [0.2, 0.25) is 0 Å². The van der Waals surface area contributed by atoms with Crippen molar-refractivity contribution >= 4 is 35.5 Å². The minimum atomic E-state index is -1.93. The van der Waals surface area contributed by atoms with Gasteiger partial charge in [0.15, 0.2) is 11.4 Å². The Labute approximate surface area is 255 Å². The van der Waals surface area contributed by atoms with E-state index >= 15 is 0 Å². The number of aryl methyl sites for hydroxylation is 1. The molecule has 1 fully saturated rings. The SMILES string of the molecule is COc1ccccc1C(=O)N[C@]1(OC)C(=O)N2C(C(=O)OCc3cccc(C)c3)=C(CSc3nncn3CC(=O)O)CO[C@@H]21. The number of β-lactam (4-membered cyclic amide) rings is 1. The van der Waals surface area contributed by atoms with Gasteiger partial charge < -0.3 is 29.4 Å². The molecule has 2 aliphatic heterocycles. The van der Waals surface area contributed by atoms with Crippen LogP contribution in [-0.2, 0) is 41.7 Å². The number of hydrogen-bond donors (Lipinski definition) is 2. The van der Waals surface area contributed by atoms with Crippen LogP contribution in [-0.4, -0.2) is 87.1 Å².